The summed E-state index contributed by atoms with van der Waals surface area (Å²) >= 11 is 0. The van der Waals surface area contributed by atoms with Gasteiger partial charge in [-0.15, -0.1) is 0 Å². The van der Waals surface area contributed by atoms with E-state index in [-0.39, 0.29) is 5.78 Å². The first-order valence-corrected chi connectivity index (χ1v) is 6.55. The molecule has 0 saturated heterocycles. The Balaban J connectivity index is 2.08. The molecule has 0 aromatic heterocycles. The number of carbonyl (C=O) groups excluding carboxylic acids is 1. The third-order valence-electron chi connectivity index (χ3n) is 3.25. The number of Topliss-reactive ketones (excluding diaryl/α,β-unsaturated/α-hetero) is 1. The van der Waals surface area contributed by atoms with Crippen molar-refractivity contribution < 1.29 is 9.53 Å². The number of aryl methyl sites for hydroxylation is 1. The van der Waals surface area contributed by atoms with Gasteiger partial charge in [0.15, 0.2) is 5.78 Å². The maximum absolute atomic E-state index is 12.3. The SMILES string of the molecule is COc1cccc(C(=O)CN(C)c2ccc(C)cc2)c1. The van der Waals surface area contributed by atoms with Gasteiger partial charge in [-0.1, -0.05) is 29.8 Å². The van der Waals surface area contributed by atoms with Crippen molar-refractivity contribution in [2.24, 2.45) is 0 Å². The zero-order valence-electron chi connectivity index (χ0n) is 12.1. The third-order valence-corrected chi connectivity index (χ3v) is 3.25. The summed E-state index contributed by atoms with van der Waals surface area (Å²) in [6, 6.07) is 15.4. The molecule has 0 saturated carbocycles. The highest BCUT2D eigenvalue weighted by Crippen LogP contribution is 2.16. The number of anilines is 1. The molecular formula is C17H19NO2. The standard InChI is InChI=1S/C17H19NO2/c1-13-7-9-15(10-8-13)18(2)12-17(19)14-5-4-6-16(11-14)20-3/h4-11H,12H2,1-3H3. The second-order valence-electron chi connectivity index (χ2n) is 4.85. The van der Waals surface area contributed by atoms with Gasteiger partial charge in [0.1, 0.15) is 5.75 Å². The molecule has 0 radical (unpaired) electrons. The lowest BCUT2D eigenvalue weighted by atomic mass is 10.1. The normalized spacial score (nSPS) is 10.2. The average molecular weight is 269 g/mol. The van der Waals surface area contributed by atoms with Gasteiger partial charge in [0.2, 0.25) is 0 Å². The second kappa shape index (κ2) is 6.24. The number of benzene rings is 2. The summed E-state index contributed by atoms with van der Waals surface area (Å²) in [7, 11) is 3.52. The summed E-state index contributed by atoms with van der Waals surface area (Å²) in [6.45, 7) is 2.39. The first-order valence-electron chi connectivity index (χ1n) is 6.55. The van der Waals surface area contributed by atoms with E-state index in [0.717, 1.165) is 5.69 Å². The molecule has 0 spiro atoms. The Labute approximate surface area is 119 Å². The molecule has 3 heteroatoms. The minimum Gasteiger partial charge on any atom is -0.497 e. The van der Waals surface area contributed by atoms with Crippen LogP contribution in [-0.4, -0.2) is 26.5 Å². The van der Waals surface area contributed by atoms with Crippen molar-refractivity contribution >= 4 is 11.5 Å². The van der Waals surface area contributed by atoms with Gasteiger partial charge in [-0.3, -0.25) is 4.79 Å². The molecule has 0 aliphatic heterocycles. The monoisotopic (exact) mass is 269 g/mol. The van der Waals surface area contributed by atoms with Crippen molar-refractivity contribution in [3.8, 4) is 5.75 Å². The molecule has 3 nitrogen and oxygen atoms in total. The van der Waals surface area contributed by atoms with E-state index in [9.17, 15) is 4.79 Å². The van der Waals surface area contributed by atoms with Crippen LogP contribution in [0.2, 0.25) is 0 Å². The van der Waals surface area contributed by atoms with E-state index in [4.69, 9.17) is 4.74 Å². The minimum absolute atomic E-state index is 0.0759. The van der Waals surface area contributed by atoms with E-state index in [1.54, 1.807) is 13.2 Å². The highest BCUT2D eigenvalue weighted by molar-refractivity contribution is 5.99. The topological polar surface area (TPSA) is 29.5 Å². The highest BCUT2D eigenvalue weighted by Gasteiger charge is 2.10. The van der Waals surface area contributed by atoms with Gasteiger partial charge >= 0.3 is 0 Å². The average Bonchev–Trinajstić information content (AvgIpc) is 2.47. The van der Waals surface area contributed by atoms with E-state index in [2.05, 4.69) is 0 Å². The van der Waals surface area contributed by atoms with Crippen LogP contribution in [0.5, 0.6) is 5.75 Å². The van der Waals surface area contributed by atoms with Crippen molar-refractivity contribution in [1.82, 2.24) is 0 Å². The first-order chi connectivity index (χ1) is 9.60. The number of ether oxygens (including phenoxy) is 1. The number of carbonyl (C=O) groups is 1. The molecule has 0 amide bonds. The molecule has 0 bridgehead atoms. The number of likely N-dealkylation sites (N-methyl/N-ethyl adjacent to an activating group) is 1. The van der Waals surface area contributed by atoms with Crippen LogP contribution in [0.15, 0.2) is 48.5 Å². The van der Waals surface area contributed by atoms with Crippen molar-refractivity contribution in [3.63, 3.8) is 0 Å². The minimum atomic E-state index is 0.0759. The van der Waals surface area contributed by atoms with Crippen molar-refractivity contribution in [3.05, 3.63) is 59.7 Å². The number of hydrogen-bond donors (Lipinski definition) is 0. The van der Waals surface area contributed by atoms with Crippen LogP contribution >= 0.6 is 0 Å². The molecule has 0 aliphatic carbocycles. The zero-order valence-corrected chi connectivity index (χ0v) is 12.1. The van der Waals surface area contributed by atoms with E-state index >= 15 is 0 Å². The molecule has 0 atom stereocenters. The summed E-state index contributed by atoms with van der Waals surface area (Å²) in [6.07, 6.45) is 0. The highest BCUT2D eigenvalue weighted by atomic mass is 16.5. The van der Waals surface area contributed by atoms with Crippen molar-refractivity contribution in [2.45, 2.75) is 6.92 Å². The van der Waals surface area contributed by atoms with Gasteiger partial charge in [0, 0.05) is 18.3 Å². The number of nitrogens with zero attached hydrogens (tertiary/aromatic N) is 1. The van der Waals surface area contributed by atoms with Crippen molar-refractivity contribution in [1.29, 1.82) is 0 Å². The largest absolute Gasteiger partial charge is 0.497 e. The molecule has 0 aliphatic rings. The Hall–Kier alpha value is -2.29. The van der Waals surface area contributed by atoms with Gasteiger partial charge < -0.3 is 9.64 Å². The van der Waals surface area contributed by atoms with Gasteiger partial charge in [0.25, 0.3) is 0 Å². The smallest absolute Gasteiger partial charge is 0.182 e. The van der Waals surface area contributed by atoms with E-state index in [1.165, 1.54) is 5.56 Å². The molecular weight excluding hydrogens is 250 g/mol. The summed E-state index contributed by atoms with van der Waals surface area (Å²) in [4.78, 5) is 14.2. The Morgan fingerprint density at radius 1 is 1.15 bits per heavy atom. The zero-order chi connectivity index (χ0) is 14.5. The summed E-state index contributed by atoms with van der Waals surface area (Å²) in [5.41, 5.74) is 2.91. The molecule has 2 rings (SSSR count). The fourth-order valence-corrected chi connectivity index (χ4v) is 1.99. The van der Waals surface area contributed by atoms with Gasteiger partial charge in [-0.25, -0.2) is 0 Å². The fourth-order valence-electron chi connectivity index (χ4n) is 1.99. The molecule has 2 aromatic carbocycles. The molecule has 0 heterocycles. The van der Waals surface area contributed by atoms with Crippen LogP contribution in [-0.2, 0) is 0 Å². The lowest BCUT2D eigenvalue weighted by molar-refractivity contribution is 0.1000. The Morgan fingerprint density at radius 2 is 1.85 bits per heavy atom. The summed E-state index contributed by atoms with van der Waals surface area (Å²) < 4.78 is 5.14. The molecule has 0 unspecified atom stereocenters. The van der Waals surface area contributed by atoms with Crippen LogP contribution in [0.1, 0.15) is 15.9 Å². The Morgan fingerprint density at radius 3 is 2.50 bits per heavy atom. The van der Waals surface area contributed by atoms with E-state index in [1.807, 2.05) is 61.3 Å². The summed E-state index contributed by atoms with van der Waals surface area (Å²) in [5, 5.41) is 0. The predicted molar refractivity (Wildman–Crippen MR) is 81.8 cm³/mol. The number of rotatable bonds is 5. The lowest BCUT2D eigenvalue weighted by Gasteiger charge is -2.18. The molecule has 0 N–H and O–H groups in total. The number of methoxy groups -OCH3 is 1. The molecule has 20 heavy (non-hydrogen) atoms. The Bertz CT molecular complexity index is 590. The van der Waals surface area contributed by atoms with Crippen molar-refractivity contribution in [2.75, 3.05) is 25.6 Å². The predicted octanol–water partition coefficient (Wildman–Crippen LogP) is 3.32. The number of hydrogen-bond acceptors (Lipinski definition) is 3. The van der Waals surface area contributed by atoms with Crippen LogP contribution in [0.3, 0.4) is 0 Å². The third kappa shape index (κ3) is 3.38. The van der Waals surface area contributed by atoms with Crippen LogP contribution in [0.25, 0.3) is 0 Å². The van der Waals surface area contributed by atoms with Gasteiger partial charge in [-0.2, -0.15) is 0 Å². The fraction of sp³-hybridized carbons (Fsp3) is 0.235. The van der Waals surface area contributed by atoms with Gasteiger partial charge in [0.05, 0.1) is 13.7 Å². The maximum atomic E-state index is 12.3. The molecule has 0 fully saturated rings. The summed E-state index contributed by atoms with van der Waals surface area (Å²) in [5.74, 6) is 0.779. The first kappa shape index (κ1) is 14.1. The lowest BCUT2D eigenvalue weighted by Crippen LogP contribution is -2.25. The van der Waals surface area contributed by atoms with Crippen LogP contribution in [0.4, 0.5) is 5.69 Å². The maximum Gasteiger partial charge on any atom is 0.182 e. The van der Waals surface area contributed by atoms with E-state index in [0.29, 0.717) is 17.9 Å². The van der Waals surface area contributed by atoms with Crippen LogP contribution < -0.4 is 9.64 Å². The Kier molecular flexibility index (Phi) is 4.41. The van der Waals surface area contributed by atoms with E-state index < -0.39 is 0 Å². The molecule has 104 valence electrons. The number of ketones is 1. The molecule has 2 aromatic rings. The quantitative estimate of drug-likeness (QED) is 0.780. The van der Waals surface area contributed by atoms with Crippen LogP contribution in [0, 0.1) is 6.92 Å². The second-order valence-corrected chi connectivity index (χ2v) is 4.85. The van der Waals surface area contributed by atoms with Gasteiger partial charge in [-0.05, 0) is 31.2 Å².